The Morgan fingerprint density at radius 1 is 1.27 bits per heavy atom. The SMILES string of the molecule is CCc1cccc(C)c1-n1nnnc1[C@H]1c2c(cc3c(c2OC)OCO3)CCN1C. The van der Waals surface area contributed by atoms with Crippen molar-refractivity contribution >= 4 is 0 Å². The molecule has 0 radical (unpaired) electrons. The summed E-state index contributed by atoms with van der Waals surface area (Å²) in [6.07, 6.45) is 1.79. The van der Waals surface area contributed by atoms with Crippen LogP contribution < -0.4 is 14.2 Å². The molecule has 0 bridgehead atoms. The summed E-state index contributed by atoms with van der Waals surface area (Å²) in [4.78, 5) is 2.26. The van der Waals surface area contributed by atoms with E-state index in [2.05, 4.69) is 65.6 Å². The standard InChI is InChI=1S/C22H25N5O3/c1-5-14-8-6-7-13(2)18(14)27-22(23-24-25-27)19-17-15(9-10-26(19)3)11-16-20(21(17)28-4)30-12-29-16/h6-8,11,19H,5,9-10,12H2,1-4H3/t19-/m1/s1. The zero-order chi connectivity index (χ0) is 20.8. The number of fused-ring (bicyclic) bond motifs is 2. The molecule has 30 heavy (non-hydrogen) atoms. The largest absolute Gasteiger partial charge is 0.492 e. The van der Waals surface area contributed by atoms with Gasteiger partial charge in [-0.05, 0) is 60.0 Å². The molecular formula is C22H25N5O3. The van der Waals surface area contributed by atoms with Gasteiger partial charge in [-0.2, -0.15) is 4.68 Å². The van der Waals surface area contributed by atoms with E-state index in [0.29, 0.717) is 11.5 Å². The van der Waals surface area contributed by atoms with Gasteiger partial charge in [0.2, 0.25) is 12.5 Å². The number of hydrogen-bond acceptors (Lipinski definition) is 7. The molecular weight excluding hydrogens is 382 g/mol. The molecule has 0 aliphatic carbocycles. The minimum absolute atomic E-state index is 0.169. The highest BCUT2D eigenvalue weighted by atomic mass is 16.7. The quantitative estimate of drug-likeness (QED) is 0.658. The van der Waals surface area contributed by atoms with Crippen LogP contribution in [0.3, 0.4) is 0 Å². The lowest BCUT2D eigenvalue weighted by atomic mass is 9.90. The van der Waals surface area contributed by atoms with Crippen molar-refractivity contribution in [1.29, 1.82) is 0 Å². The van der Waals surface area contributed by atoms with Crippen molar-refractivity contribution in [2.45, 2.75) is 32.7 Å². The summed E-state index contributed by atoms with van der Waals surface area (Å²) in [6, 6.07) is 8.20. The van der Waals surface area contributed by atoms with Crippen molar-refractivity contribution in [3.05, 3.63) is 52.3 Å². The molecule has 2 aliphatic rings. The van der Waals surface area contributed by atoms with Crippen LogP contribution in [0.5, 0.6) is 17.2 Å². The van der Waals surface area contributed by atoms with Gasteiger partial charge in [0.05, 0.1) is 12.8 Å². The van der Waals surface area contributed by atoms with E-state index < -0.39 is 0 Å². The summed E-state index contributed by atoms with van der Waals surface area (Å²) in [5.74, 6) is 2.85. The Morgan fingerprint density at radius 2 is 2.13 bits per heavy atom. The third-order valence-electron chi connectivity index (χ3n) is 6.05. The smallest absolute Gasteiger partial charge is 0.231 e. The Labute approximate surface area is 175 Å². The average Bonchev–Trinajstić information content (AvgIpc) is 3.41. The van der Waals surface area contributed by atoms with Gasteiger partial charge in [-0.1, -0.05) is 25.1 Å². The van der Waals surface area contributed by atoms with E-state index in [1.807, 2.05) is 4.68 Å². The number of aromatic nitrogens is 4. The van der Waals surface area contributed by atoms with E-state index in [-0.39, 0.29) is 12.8 Å². The summed E-state index contributed by atoms with van der Waals surface area (Å²) in [7, 11) is 3.76. The molecule has 8 heteroatoms. The van der Waals surface area contributed by atoms with E-state index in [0.717, 1.165) is 47.8 Å². The van der Waals surface area contributed by atoms with Crippen LogP contribution in [0, 0.1) is 6.92 Å². The zero-order valence-corrected chi connectivity index (χ0v) is 17.7. The third-order valence-corrected chi connectivity index (χ3v) is 6.05. The first kappa shape index (κ1) is 18.9. The summed E-state index contributed by atoms with van der Waals surface area (Å²) in [5, 5.41) is 12.9. The fourth-order valence-corrected chi connectivity index (χ4v) is 4.59. The lowest BCUT2D eigenvalue weighted by molar-refractivity contribution is 0.170. The lowest BCUT2D eigenvalue weighted by Gasteiger charge is -2.35. The fraction of sp³-hybridized carbons (Fsp3) is 0.409. The second-order valence-corrected chi connectivity index (χ2v) is 7.73. The summed E-state index contributed by atoms with van der Waals surface area (Å²) in [5.41, 5.74) is 5.60. The minimum atomic E-state index is -0.169. The van der Waals surface area contributed by atoms with Crippen molar-refractivity contribution in [2.24, 2.45) is 0 Å². The first-order chi connectivity index (χ1) is 14.6. The van der Waals surface area contributed by atoms with Gasteiger partial charge in [-0.15, -0.1) is 5.10 Å². The van der Waals surface area contributed by atoms with E-state index in [1.165, 1.54) is 11.1 Å². The molecule has 3 aromatic rings. The van der Waals surface area contributed by atoms with E-state index in [1.54, 1.807) is 7.11 Å². The number of tetrazole rings is 1. The highest BCUT2D eigenvalue weighted by Gasteiger charge is 2.38. The Bertz CT molecular complexity index is 1110. The second kappa shape index (κ2) is 7.28. The topological polar surface area (TPSA) is 74.5 Å². The average molecular weight is 407 g/mol. The maximum absolute atomic E-state index is 5.84. The summed E-state index contributed by atoms with van der Waals surface area (Å²) < 4.78 is 19.1. The highest BCUT2D eigenvalue weighted by molar-refractivity contribution is 5.63. The molecule has 3 heterocycles. The number of methoxy groups -OCH3 is 1. The Hall–Kier alpha value is -3.13. The van der Waals surface area contributed by atoms with E-state index in [9.17, 15) is 0 Å². The number of rotatable bonds is 4. The van der Waals surface area contributed by atoms with Crippen LogP contribution in [0.25, 0.3) is 5.69 Å². The van der Waals surface area contributed by atoms with Crippen molar-refractivity contribution in [3.8, 4) is 22.9 Å². The van der Waals surface area contributed by atoms with Crippen LogP contribution in [0.15, 0.2) is 24.3 Å². The van der Waals surface area contributed by atoms with Crippen molar-refractivity contribution < 1.29 is 14.2 Å². The number of ether oxygens (including phenoxy) is 3. The van der Waals surface area contributed by atoms with Gasteiger partial charge >= 0.3 is 0 Å². The summed E-state index contributed by atoms with van der Waals surface area (Å²) >= 11 is 0. The van der Waals surface area contributed by atoms with Crippen LogP contribution in [-0.4, -0.2) is 52.6 Å². The molecule has 2 aliphatic heterocycles. The van der Waals surface area contributed by atoms with Crippen molar-refractivity contribution in [1.82, 2.24) is 25.1 Å². The first-order valence-corrected chi connectivity index (χ1v) is 10.2. The van der Waals surface area contributed by atoms with Crippen LogP contribution >= 0.6 is 0 Å². The van der Waals surface area contributed by atoms with Crippen molar-refractivity contribution in [2.75, 3.05) is 27.5 Å². The molecule has 2 aromatic carbocycles. The minimum Gasteiger partial charge on any atom is -0.492 e. The maximum atomic E-state index is 5.84. The molecule has 1 aromatic heterocycles. The van der Waals surface area contributed by atoms with Crippen molar-refractivity contribution in [3.63, 3.8) is 0 Å². The van der Waals surface area contributed by atoms with Gasteiger partial charge in [0.15, 0.2) is 17.3 Å². The molecule has 0 unspecified atom stereocenters. The molecule has 0 saturated heterocycles. The third kappa shape index (κ3) is 2.74. The number of nitrogens with zero attached hydrogens (tertiary/aromatic N) is 5. The summed E-state index contributed by atoms with van der Waals surface area (Å²) in [6.45, 7) is 5.32. The van der Waals surface area contributed by atoms with E-state index in [4.69, 9.17) is 14.2 Å². The number of benzene rings is 2. The maximum Gasteiger partial charge on any atom is 0.231 e. The fourth-order valence-electron chi connectivity index (χ4n) is 4.59. The van der Waals surface area contributed by atoms with Gasteiger partial charge in [0.1, 0.15) is 6.04 Å². The van der Waals surface area contributed by atoms with Crippen LogP contribution in [0.2, 0.25) is 0 Å². The Balaban J connectivity index is 1.73. The Morgan fingerprint density at radius 3 is 2.93 bits per heavy atom. The second-order valence-electron chi connectivity index (χ2n) is 7.73. The lowest BCUT2D eigenvalue weighted by Crippen LogP contribution is -2.35. The predicted molar refractivity (Wildman–Crippen MR) is 111 cm³/mol. The predicted octanol–water partition coefficient (Wildman–Crippen LogP) is 2.85. The van der Waals surface area contributed by atoms with Gasteiger partial charge in [0.25, 0.3) is 0 Å². The molecule has 8 nitrogen and oxygen atoms in total. The molecule has 0 amide bonds. The monoisotopic (exact) mass is 407 g/mol. The molecule has 0 saturated carbocycles. The number of likely N-dealkylation sites (N-methyl/N-ethyl adjacent to an activating group) is 1. The number of hydrogen-bond donors (Lipinski definition) is 0. The normalized spacial score (nSPS) is 17.8. The van der Waals surface area contributed by atoms with Crippen LogP contribution in [-0.2, 0) is 12.8 Å². The van der Waals surface area contributed by atoms with Crippen LogP contribution in [0.1, 0.15) is 41.0 Å². The van der Waals surface area contributed by atoms with Gasteiger partial charge in [-0.25, -0.2) is 0 Å². The molecule has 1 atom stereocenters. The number of aryl methyl sites for hydroxylation is 2. The van der Waals surface area contributed by atoms with Gasteiger partial charge < -0.3 is 14.2 Å². The molecule has 0 spiro atoms. The molecule has 156 valence electrons. The Kier molecular flexibility index (Phi) is 4.58. The van der Waals surface area contributed by atoms with Gasteiger partial charge in [-0.3, -0.25) is 4.90 Å². The molecule has 0 N–H and O–H groups in total. The highest BCUT2D eigenvalue weighted by Crippen LogP contribution is 2.50. The molecule has 5 rings (SSSR count). The van der Waals surface area contributed by atoms with E-state index >= 15 is 0 Å². The number of para-hydroxylation sites is 1. The van der Waals surface area contributed by atoms with Crippen LogP contribution in [0.4, 0.5) is 0 Å². The zero-order valence-electron chi connectivity index (χ0n) is 17.7. The first-order valence-electron chi connectivity index (χ1n) is 10.2. The molecule has 0 fully saturated rings. The van der Waals surface area contributed by atoms with Gasteiger partial charge in [0, 0.05) is 12.1 Å².